The zero-order chi connectivity index (χ0) is 9.68. The molecule has 0 bridgehead atoms. The van der Waals surface area contributed by atoms with E-state index in [1.165, 1.54) is 0 Å². The van der Waals surface area contributed by atoms with E-state index in [4.69, 9.17) is 10.3 Å². The maximum absolute atomic E-state index is 5.62. The molecular weight excluding hydrogens is 203 g/mol. The Morgan fingerprint density at radius 2 is 2.38 bits per heavy atom. The third kappa shape index (κ3) is 3.96. The molecule has 3 atom stereocenters. The molecule has 0 saturated carbocycles. The number of hydrogen-bond donors (Lipinski definition) is 3. The van der Waals surface area contributed by atoms with Crippen molar-refractivity contribution in [2.75, 3.05) is 13.6 Å². The Morgan fingerprint density at radius 1 is 1.62 bits per heavy atom. The summed E-state index contributed by atoms with van der Waals surface area (Å²) in [5, 5.41) is 2.99. The van der Waals surface area contributed by atoms with E-state index in [0.717, 1.165) is 19.4 Å². The lowest BCUT2D eigenvalue weighted by Gasteiger charge is -2.23. The van der Waals surface area contributed by atoms with Crippen LogP contribution in [-0.2, 0) is 4.52 Å². The highest BCUT2D eigenvalue weighted by atomic mass is 32.7. The fourth-order valence-corrected chi connectivity index (χ4v) is 2.22. The fraction of sp³-hybridized carbons (Fsp3) is 0.750. The molecule has 0 radical (unpaired) electrons. The van der Waals surface area contributed by atoms with E-state index in [-0.39, 0.29) is 6.10 Å². The molecule has 3 nitrogen and oxygen atoms in total. The first-order valence-corrected chi connectivity index (χ1v) is 6.89. The average Bonchev–Trinajstić information content (AvgIpc) is 2.19. The van der Waals surface area contributed by atoms with Crippen LogP contribution in [0.15, 0.2) is 12.2 Å². The lowest BCUT2D eigenvalue weighted by atomic mass is 9.95. The highest BCUT2D eigenvalue weighted by Crippen LogP contribution is 2.39. The van der Waals surface area contributed by atoms with Gasteiger partial charge >= 0.3 is 0 Å². The first-order valence-electron chi connectivity index (χ1n) is 4.47. The molecular formula is C8H17N2OPS. The summed E-state index contributed by atoms with van der Waals surface area (Å²) in [5.74, 6) is 0.542. The molecule has 1 aliphatic rings. The van der Waals surface area contributed by atoms with Crippen molar-refractivity contribution in [3.63, 3.8) is 0 Å². The topological polar surface area (TPSA) is 47.3 Å². The fourth-order valence-electron chi connectivity index (χ4n) is 1.32. The van der Waals surface area contributed by atoms with Gasteiger partial charge in [-0.05, 0) is 32.4 Å². The van der Waals surface area contributed by atoms with Crippen molar-refractivity contribution in [3.8, 4) is 0 Å². The van der Waals surface area contributed by atoms with E-state index in [1.54, 1.807) is 0 Å². The number of hydrogen-bond acceptors (Lipinski definition) is 4. The van der Waals surface area contributed by atoms with Crippen molar-refractivity contribution >= 4 is 19.7 Å². The van der Waals surface area contributed by atoms with Crippen LogP contribution in [0.3, 0.4) is 0 Å². The summed E-state index contributed by atoms with van der Waals surface area (Å²) < 4.78 is 5.62. The van der Waals surface area contributed by atoms with Gasteiger partial charge in [-0.2, -0.15) is 0 Å². The Kier molecular flexibility index (Phi) is 5.29. The summed E-state index contributed by atoms with van der Waals surface area (Å²) in [7, 11) is 1.10. The minimum absolute atomic E-state index is 0.221. The van der Waals surface area contributed by atoms with Gasteiger partial charge in [-0.25, -0.2) is 0 Å². The van der Waals surface area contributed by atoms with Gasteiger partial charge in [0.2, 0.25) is 0 Å². The molecule has 0 amide bonds. The Morgan fingerprint density at radius 3 is 2.85 bits per heavy atom. The standard InChI is InChI=1S/C8H17N2OPS/c1-10-12(13)11-8-4-2-7(6-9)3-5-8/h2,4,7-8,10,13H,3,5-6,9H2,1H3. The van der Waals surface area contributed by atoms with E-state index in [1.807, 2.05) is 7.05 Å². The SMILES string of the molecule is CNP(S)OC1C=CC(CN)CC1. The van der Waals surface area contributed by atoms with Crippen LogP contribution in [0.4, 0.5) is 0 Å². The molecule has 13 heavy (non-hydrogen) atoms. The van der Waals surface area contributed by atoms with Gasteiger partial charge in [0, 0.05) is 0 Å². The number of thiol groups is 1. The normalized spacial score (nSPS) is 30.4. The number of nitrogens with one attached hydrogen (secondary N) is 1. The van der Waals surface area contributed by atoms with Crippen LogP contribution in [0.2, 0.25) is 0 Å². The van der Waals surface area contributed by atoms with Gasteiger partial charge in [0.15, 0.2) is 7.50 Å². The first kappa shape index (κ1) is 11.5. The van der Waals surface area contributed by atoms with Crippen LogP contribution in [0.25, 0.3) is 0 Å². The van der Waals surface area contributed by atoms with Crippen LogP contribution in [-0.4, -0.2) is 19.7 Å². The Bertz CT molecular complexity index is 180. The molecule has 1 aliphatic carbocycles. The van der Waals surface area contributed by atoms with Crippen molar-refractivity contribution in [2.24, 2.45) is 11.7 Å². The van der Waals surface area contributed by atoms with Crippen molar-refractivity contribution in [1.82, 2.24) is 5.09 Å². The summed E-state index contributed by atoms with van der Waals surface area (Å²) in [5.41, 5.74) is 5.56. The second-order valence-electron chi connectivity index (χ2n) is 3.10. The molecule has 3 unspecified atom stereocenters. The monoisotopic (exact) mass is 220 g/mol. The Hall–Kier alpha value is 0.400. The quantitative estimate of drug-likeness (QED) is 0.384. The third-order valence-electron chi connectivity index (χ3n) is 2.15. The van der Waals surface area contributed by atoms with E-state index < -0.39 is 7.50 Å². The molecule has 0 saturated heterocycles. The van der Waals surface area contributed by atoms with Gasteiger partial charge in [-0.3, -0.25) is 5.09 Å². The predicted molar refractivity (Wildman–Crippen MR) is 60.8 cm³/mol. The summed E-state index contributed by atoms with van der Waals surface area (Å²) in [4.78, 5) is 0. The highest BCUT2D eigenvalue weighted by molar-refractivity contribution is 8.42. The molecule has 0 heterocycles. The van der Waals surface area contributed by atoms with Gasteiger partial charge < -0.3 is 10.3 Å². The van der Waals surface area contributed by atoms with E-state index in [2.05, 4.69) is 29.5 Å². The zero-order valence-corrected chi connectivity index (χ0v) is 9.60. The summed E-state index contributed by atoms with van der Waals surface area (Å²) >= 11 is 4.26. The number of nitrogens with two attached hydrogens (primary N) is 1. The Balaban J connectivity index is 2.31. The van der Waals surface area contributed by atoms with Gasteiger partial charge in [-0.15, -0.1) is 12.2 Å². The molecule has 0 spiro atoms. The van der Waals surface area contributed by atoms with Crippen molar-refractivity contribution in [1.29, 1.82) is 0 Å². The van der Waals surface area contributed by atoms with E-state index in [9.17, 15) is 0 Å². The number of rotatable bonds is 4. The minimum atomic E-state index is -0.758. The lowest BCUT2D eigenvalue weighted by molar-refractivity contribution is 0.246. The second kappa shape index (κ2) is 5.99. The summed E-state index contributed by atoms with van der Waals surface area (Å²) in [6.45, 7) is 0.741. The van der Waals surface area contributed by atoms with Crippen LogP contribution in [0.1, 0.15) is 12.8 Å². The van der Waals surface area contributed by atoms with Crippen LogP contribution in [0, 0.1) is 5.92 Å². The van der Waals surface area contributed by atoms with Crippen LogP contribution < -0.4 is 10.8 Å². The van der Waals surface area contributed by atoms with Crippen LogP contribution >= 0.6 is 19.7 Å². The largest absolute Gasteiger partial charge is 0.330 e. The molecule has 3 N–H and O–H groups in total. The molecule has 0 aromatic heterocycles. The lowest BCUT2D eigenvalue weighted by Crippen LogP contribution is -2.20. The predicted octanol–water partition coefficient (Wildman–Crippen LogP) is 1.67. The molecule has 76 valence electrons. The maximum atomic E-state index is 5.62. The summed E-state index contributed by atoms with van der Waals surface area (Å²) in [6.07, 6.45) is 6.65. The molecule has 1 rings (SSSR count). The molecule has 0 aromatic rings. The summed E-state index contributed by atoms with van der Waals surface area (Å²) in [6, 6.07) is 0. The first-order chi connectivity index (χ1) is 6.26. The maximum Gasteiger partial charge on any atom is 0.163 e. The smallest absolute Gasteiger partial charge is 0.163 e. The van der Waals surface area contributed by atoms with Gasteiger partial charge in [-0.1, -0.05) is 12.2 Å². The van der Waals surface area contributed by atoms with Crippen LogP contribution in [0.5, 0.6) is 0 Å². The van der Waals surface area contributed by atoms with E-state index >= 15 is 0 Å². The van der Waals surface area contributed by atoms with Crippen molar-refractivity contribution < 1.29 is 4.52 Å². The third-order valence-corrected chi connectivity index (χ3v) is 3.89. The highest BCUT2D eigenvalue weighted by Gasteiger charge is 2.16. The molecule has 5 heteroatoms. The second-order valence-corrected chi connectivity index (χ2v) is 5.39. The molecule has 0 aliphatic heterocycles. The molecule has 0 aromatic carbocycles. The van der Waals surface area contributed by atoms with Crippen molar-refractivity contribution in [2.45, 2.75) is 18.9 Å². The molecule has 0 fully saturated rings. The Labute approximate surface area is 86.1 Å². The van der Waals surface area contributed by atoms with Gasteiger partial charge in [0.05, 0.1) is 6.10 Å². The van der Waals surface area contributed by atoms with Gasteiger partial charge in [0.25, 0.3) is 0 Å². The average molecular weight is 220 g/mol. The zero-order valence-electron chi connectivity index (χ0n) is 7.81. The van der Waals surface area contributed by atoms with Gasteiger partial charge in [0.1, 0.15) is 0 Å². The van der Waals surface area contributed by atoms with Crippen molar-refractivity contribution in [3.05, 3.63) is 12.2 Å². The minimum Gasteiger partial charge on any atom is -0.330 e. The van der Waals surface area contributed by atoms with E-state index in [0.29, 0.717) is 5.92 Å².